The number of benzene rings is 2. The van der Waals surface area contributed by atoms with E-state index in [0.29, 0.717) is 12.0 Å². The number of hydrogen-bond acceptors (Lipinski definition) is 6. The fourth-order valence-corrected chi connectivity index (χ4v) is 6.68. The molecule has 2 aromatic carbocycles. The molecule has 0 radical (unpaired) electrons. The van der Waals surface area contributed by atoms with Crippen molar-refractivity contribution in [3.8, 4) is 0 Å². The van der Waals surface area contributed by atoms with Gasteiger partial charge in [0.15, 0.2) is 0 Å². The summed E-state index contributed by atoms with van der Waals surface area (Å²) in [5.74, 6) is -0.593. The van der Waals surface area contributed by atoms with Gasteiger partial charge in [0.25, 0.3) is 0 Å². The van der Waals surface area contributed by atoms with Crippen molar-refractivity contribution in [2.75, 3.05) is 38.1 Å². The molecule has 41 heavy (non-hydrogen) atoms. The third-order valence-corrected chi connectivity index (χ3v) is 9.03. The third-order valence-electron chi connectivity index (χ3n) is 7.09. The zero-order valence-electron chi connectivity index (χ0n) is 21.8. The fourth-order valence-electron chi connectivity index (χ4n) is 4.95. The summed E-state index contributed by atoms with van der Waals surface area (Å²) in [5.41, 5.74) is -0.476. The van der Waals surface area contributed by atoms with Crippen LogP contribution in [-0.2, 0) is 25.7 Å². The van der Waals surface area contributed by atoms with Crippen LogP contribution in [0.5, 0.6) is 0 Å². The molecule has 2 aliphatic heterocycles. The number of pyridine rings is 1. The number of carbonyl (C=O) groups is 2. The van der Waals surface area contributed by atoms with Gasteiger partial charge in [-0.25, -0.2) is 13.2 Å². The number of carbonyl (C=O) groups excluding carboxylic acids is 2. The highest BCUT2D eigenvalue weighted by molar-refractivity contribution is 7.89. The molecule has 2 saturated heterocycles. The minimum Gasteiger partial charge on any atom is -0.376 e. The number of amides is 3. The number of ether oxygens (including phenoxy) is 1. The summed E-state index contributed by atoms with van der Waals surface area (Å²) in [5, 5.41) is 5.90. The van der Waals surface area contributed by atoms with E-state index < -0.39 is 39.7 Å². The maximum Gasteiger partial charge on any atom is 0.416 e. The molecule has 2 aliphatic rings. The van der Waals surface area contributed by atoms with E-state index in [1.807, 2.05) is 0 Å². The summed E-state index contributed by atoms with van der Waals surface area (Å²) in [6, 6.07) is 10.2. The molecule has 2 unspecified atom stereocenters. The molecule has 0 bridgehead atoms. The summed E-state index contributed by atoms with van der Waals surface area (Å²) in [4.78, 5) is 31.9. The van der Waals surface area contributed by atoms with Gasteiger partial charge in [-0.05, 0) is 49.2 Å². The lowest BCUT2D eigenvalue weighted by atomic mass is 10.2. The lowest BCUT2D eigenvalue weighted by Gasteiger charge is -2.39. The Labute approximate surface area is 234 Å². The van der Waals surface area contributed by atoms with Crippen LogP contribution in [0.2, 0.25) is 0 Å². The second kappa shape index (κ2) is 11.6. The topological polar surface area (TPSA) is 121 Å². The molecular weight excluding hydrogens is 563 g/mol. The normalized spacial score (nSPS) is 20.2. The van der Waals surface area contributed by atoms with E-state index in [9.17, 15) is 31.2 Å². The minimum atomic E-state index is -4.52. The van der Waals surface area contributed by atoms with Crippen molar-refractivity contribution in [3.63, 3.8) is 0 Å². The van der Waals surface area contributed by atoms with Gasteiger partial charge in [-0.1, -0.05) is 18.2 Å². The van der Waals surface area contributed by atoms with Gasteiger partial charge in [-0.2, -0.15) is 17.5 Å². The van der Waals surface area contributed by atoms with E-state index in [0.717, 1.165) is 41.4 Å². The smallest absolute Gasteiger partial charge is 0.376 e. The van der Waals surface area contributed by atoms with Crippen molar-refractivity contribution in [3.05, 3.63) is 66.4 Å². The van der Waals surface area contributed by atoms with Gasteiger partial charge in [0.1, 0.15) is 10.9 Å². The van der Waals surface area contributed by atoms with Crippen LogP contribution in [0.3, 0.4) is 0 Å². The number of rotatable bonds is 6. The van der Waals surface area contributed by atoms with E-state index in [1.54, 1.807) is 24.3 Å². The molecule has 218 valence electrons. The first-order valence-corrected chi connectivity index (χ1v) is 14.5. The Kier molecular flexibility index (Phi) is 8.16. The molecule has 2 N–H and O–H groups in total. The highest BCUT2D eigenvalue weighted by atomic mass is 32.2. The number of hydrogen-bond donors (Lipinski definition) is 2. The third kappa shape index (κ3) is 6.29. The van der Waals surface area contributed by atoms with Crippen molar-refractivity contribution in [1.82, 2.24) is 19.5 Å². The molecule has 3 heterocycles. The molecule has 2 fully saturated rings. The molecule has 0 spiro atoms. The molecule has 0 saturated carbocycles. The predicted molar refractivity (Wildman–Crippen MR) is 143 cm³/mol. The second-order valence-electron chi connectivity index (χ2n) is 9.79. The second-order valence-corrected chi connectivity index (χ2v) is 11.7. The number of nitrogens with one attached hydrogen (secondary N) is 2. The number of sulfonamides is 1. The number of urea groups is 1. The van der Waals surface area contributed by atoms with E-state index >= 15 is 0 Å². The van der Waals surface area contributed by atoms with E-state index in [-0.39, 0.29) is 48.4 Å². The maximum absolute atomic E-state index is 13.9. The highest BCUT2D eigenvalue weighted by Crippen LogP contribution is 2.30. The van der Waals surface area contributed by atoms with Crippen molar-refractivity contribution < 1.29 is 35.9 Å². The average Bonchev–Trinajstić information content (AvgIpc) is 3.49. The van der Waals surface area contributed by atoms with Crippen LogP contribution < -0.4 is 10.6 Å². The minimum absolute atomic E-state index is 0.0561. The Morgan fingerprint density at radius 2 is 1.80 bits per heavy atom. The molecule has 14 heteroatoms. The van der Waals surface area contributed by atoms with Gasteiger partial charge >= 0.3 is 12.2 Å². The van der Waals surface area contributed by atoms with Gasteiger partial charge in [0.2, 0.25) is 15.9 Å². The van der Waals surface area contributed by atoms with Crippen molar-refractivity contribution >= 4 is 38.6 Å². The van der Waals surface area contributed by atoms with Crippen LogP contribution in [0, 0.1) is 0 Å². The van der Waals surface area contributed by atoms with Gasteiger partial charge in [0.05, 0.1) is 17.2 Å². The predicted octanol–water partition coefficient (Wildman–Crippen LogP) is 3.46. The summed E-state index contributed by atoms with van der Waals surface area (Å²) in [6.07, 6.45) is -1.61. The Bertz CT molecular complexity index is 1520. The molecule has 0 aliphatic carbocycles. The van der Waals surface area contributed by atoms with Crippen LogP contribution in [0.4, 0.5) is 23.7 Å². The number of anilines is 1. The first kappa shape index (κ1) is 28.8. The number of aromatic nitrogens is 1. The summed E-state index contributed by atoms with van der Waals surface area (Å²) >= 11 is 0. The largest absolute Gasteiger partial charge is 0.416 e. The summed E-state index contributed by atoms with van der Waals surface area (Å²) in [7, 11) is -4.23. The van der Waals surface area contributed by atoms with Gasteiger partial charge in [0, 0.05) is 50.1 Å². The molecular formula is C27H28F3N5O5S. The van der Waals surface area contributed by atoms with Crippen molar-refractivity contribution in [2.24, 2.45) is 0 Å². The molecule has 3 amide bonds. The van der Waals surface area contributed by atoms with Gasteiger partial charge in [-0.15, -0.1) is 0 Å². The van der Waals surface area contributed by atoms with Crippen molar-refractivity contribution in [2.45, 2.75) is 36.1 Å². The van der Waals surface area contributed by atoms with Crippen LogP contribution in [-0.4, -0.2) is 79.5 Å². The molecule has 5 rings (SSSR count). The summed E-state index contributed by atoms with van der Waals surface area (Å²) in [6.45, 7) is 0.248. The Balaban J connectivity index is 1.38. The summed E-state index contributed by atoms with van der Waals surface area (Å²) < 4.78 is 73.2. The van der Waals surface area contributed by atoms with Gasteiger partial charge < -0.3 is 20.3 Å². The van der Waals surface area contributed by atoms with E-state index in [4.69, 9.17) is 4.74 Å². The highest BCUT2D eigenvalue weighted by Gasteiger charge is 2.42. The monoisotopic (exact) mass is 591 g/mol. The van der Waals surface area contributed by atoms with E-state index in [1.165, 1.54) is 17.2 Å². The quantitative estimate of drug-likeness (QED) is 0.453. The lowest BCUT2D eigenvalue weighted by Crippen LogP contribution is -2.62. The fraction of sp³-hybridized carbons (Fsp3) is 0.370. The first-order valence-electron chi connectivity index (χ1n) is 13.0. The first-order chi connectivity index (χ1) is 19.5. The average molecular weight is 592 g/mol. The maximum atomic E-state index is 13.9. The van der Waals surface area contributed by atoms with Crippen molar-refractivity contribution in [1.29, 1.82) is 0 Å². The van der Waals surface area contributed by atoms with Crippen LogP contribution in [0.25, 0.3) is 10.9 Å². The van der Waals surface area contributed by atoms with Crippen LogP contribution in [0.1, 0.15) is 18.4 Å². The molecule has 1 aromatic heterocycles. The zero-order chi connectivity index (χ0) is 29.2. The van der Waals surface area contributed by atoms with Crippen LogP contribution in [0.15, 0.2) is 65.7 Å². The SMILES string of the molecule is O=C(NCC1CCCO1)C1CN(C(=O)Nc2ccc(C(F)(F)F)cc2)CCN1S(=O)(=O)c1cccc2cccnc12. The lowest BCUT2D eigenvalue weighted by molar-refractivity contribution is -0.137. The van der Waals surface area contributed by atoms with Gasteiger partial charge in [-0.3, -0.25) is 9.78 Å². The molecule has 3 aromatic rings. The van der Waals surface area contributed by atoms with Crippen LogP contribution >= 0.6 is 0 Å². The number of halogens is 3. The Morgan fingerprint density at radius 1 is 1.05 bits per heavy atom. The Hall–Kier alpha value is -3.75. The number of alkyl halides is 3. The molecule has 2 atom stereocenters. The Morgan fingerprint density at radius 3 is 2.51 bits per heavy atom. The van der Waals surface area contributed by atoms with E-state index in [2.05, 4.69) is 15.6 Å². The number of fused-ring (bicyclic) bond motifs is 1. The number of piperazine rings is 1. The standard InChI is InChI=1S/C27H28F3N5O5S/c28-27(29,30)19-8-10-20(11-9-19)33-26(37)34-13-14-35(22(17-34)25(36)32-16-21-6-3-15-40-21)41(38,39)23-7-1-4-18-5-2-12-31-24(18)23/h1-2,4-5,7-12,21-22H,3,6,13-17H2,(H,32,36)(H,33,37). The number of nitrogens with zero attached hydrogens (tertiary/aromatic N) is 3. The number of para-hydroxylation sites is 1. The molecule has 10 nitrogen and oxygen atoms in total. The zero-order valence-corrected chi connectivity index (χ0v) is 22.6.